The quantitative estimate of drug-likeness (QED) is 0.809. The molecule has 0 aromatic carbocycles. The second-order valence-corrected chi connectivity index (χ2v) is 6.96. The third kappa shape index (κ3) is 5.68. The van der Waals surface area contributed by atoms with Crippen LogP contribution in [-0.2, 0) is 0 Å². The zero-order valence-corrected chi connectivity index (χ0v) is 14.0. The van der Waals surface area contributed by atoms with E-state index in [1.54, 1.807) is 0 Å². The average Bonchev–Trinajstić information content (AvgIpc) is 2.40. The Morgan fingerprint density at radius 1 is 0.600 bits per heavy atom. The molecule has 2 aliphatic carbocycles. The number of nitrogens with zero attached hydrogens (tertiary/aromatic N) is 2. The first-order valence-electron chi connectivity index (χ1n) is 8.27. The fourth-order valence-electron chi connectivity index (χ4n) is 3.56. The van der Waals surface area contributed by atoms with Gasteiger partial charge in [-0.3, -0.25) is 0 Å². The molecular weight excluding hydrogens is 248 g/mol. The summed E-state index contributed by atoms with van der Waals surface area (Å²) in [5.41, 5.74) is 11.9. The van der Waals surface area contributed by atoms with Crippen molar-refractivity contribution >= 4 is 0 Å². The molecule has 0 saturated heterocycles. The van der Waals surface area contributed by atoms with Crippen molar-refractivity contribution in [1.82, 2.24) is 9.80 Å². The summed E-state index contributed by atoms with van der Waals surface area (Å²) in [5.74, 6) is 0. The van der Waals surface area contributed by atoms with Crippen LogP contribution in [0.1, 0.15) is 51.4 Å². The summed E-state index contributed by atoms with van der Waals surface area (Å²) in [6.45, 7) is 0. The monoisotopic (exact) mass is 284 g/mol. The zero-order valence-electron chi connectivity index (χ0n) is 14.0. The number of hydrogen-bond acceptors (Lipinski definition) is 4. The third-order valence-corrected chi connectivity index (χ3v) is 4.89. The van der Waals surface area contributed by atoms with Gasteiger partial charge in [-0.25, -0.2) is 0 Å². The molecule has 0 spiro atoms. The van der Waals surface area contributed by atoms with Crippen molar-refractivity contribution in [2.75, 3.05) is 28.2 Å². The van der Waals surface area contributed by atoms with Crippen LogP contribution in [0.15, 0.2) is 0 Å². The Hall–Kier alpha value is -0.160. The van der Waals surface area contributed by atoms with Gasteiger partial charge in [0.15, 0.2) is 0 Å². The topological polar surface area (TPSA) is 58.5 Å². The summed E-state index contributed by atoms with van der Waals surface area (Å²) in [6, 6.07) is 2.11. The first kappa shape index (κ1) is 17.9. The van der Waals surface area contributed by atoms with E-state index in [1.807, 2.05) is 0 Å². The number of likely N-dealkylation sites (N-methyl/N-ethyl adjacent to an activating group) is 2. The second-order valence-electron chi connectivity index (χ2n) is 6.96. The molecule has 4 atom stereocenters. The van der Waals surface area contributed by atoms with Crippen LogP contribution in [0.3, 0.4) is 0 Å². The molecule has 0 bridgehead atoms. The van der Waals surface area contributed by atoms with Crippen LogP contribution in [0.25, 0.3) is 0 Å². The van der Waals surface area contributed by atoms with E-state index in [2.05, 4.69) is 38.0 Å². The van der Waals surface area contributed by atoms with E-state index < -0.39 is 0 Å². The molecule has 0 heterocycles. The van der Waals surface area contributed by atoms with Crippen LogP contribution < -0.4 is 11.5 Å². The molecule has 20 heavy (non-hydrogen) atoms. The number of hydrogen-bond donors (Lipinski definition) is 2. The van der Waals surface area contributed by atoms with E-state index in [0.29, 0.717) is 24.2 Å². The molecule has 4 heteroatoms. The third-order valence-electron chi connectivity index (χ3n) is 4.89. The maximum absolute atomic E-state index is 5.94. The first-order valence-corrected chi connectivity index (χ1v) is 8.27. The molecule has 4 unspecified atom stereocenters. The zero-order chi connectivity index (χ0) is 15.1. The molecule has 2 aliphatic rings. The highest BCUT2D eigenvalue weighted by Gasteiger charge is 2.23. The Kier molecular flexibility index (Phi) is 8.03. The van der Waals surface area contributed by atoms with Gasteiger partial charge in [0.2, 0.25) is 0 Å². The Balaban J connectivity index is 0.000000200. The van der Waals surface area contributed by atoms with Crippen molar-refractivity contribution in [3.63, 3.8) is 0 Å². The lowest BCUT2D eigenvalue weighted by Gasteiger charge is -2.33. The fourth-order valence-corrected chi connectivity index (χ4v) is 3.56. The highest BCUT2D eigenvalue weighted by molar-refractivity contribution is 4.83. The van der Waals surface area contributed by atoms with Crippen LogP contribution in [0.2, 0.25) is 0 Å². The summed E-state index contributed by atoms with van der Waals surface area (Å²) in [4.78, 5) is 4.51. The SMILES string of the molecule is CN(C)C1CCCCC1N.CN(C)C1CCCCC1N. The molecule has 120 valence electrons. The summed E-state index contributed by atoms with van der Waals surface area (Å²) in [7, 11) is 8.48. The fraction of sp³-hybridized carbons (Fsp3) is 1.00. The van der Waals surface area contributed by atoms with Crippen molar-refractivity contribution in [3.8, 4) is 0 Å². The number of rotatable bonds is 2. The van der Waals surface area contributed by atoms with Gasteiger partial charge in [-0.1, -0.05) is 25.7 Å². The van der Waals surface area contributed by atoms with Gasteiger partial charge in [-0.15, -0.1) is 0 Å². The minimum absolute atomic E-state index is 0.420. The van der Waals surface area contributed by atoms with Crippen LogP contribution >= 0.6 is 0 Å². The molecule has 0 aliphatic heterocycles. The maximum atomic E-state index is 5.94. The maximum Gasteiger partial charge on any atom is 0.0241 e. The minimum atomic E-state index is 0.420. The first-order chi connectivity index (χ1) is 9.43. The molecule has 4 N–H and O–H groups in total. The van der Waals surface area contributed by atoms with Gasteiger partial charge in [0.05, 0.1) is 0 Å². The number of nitrogens with two attached hydrogens (primary N) is 2. The van der Waals surface area contributed by atoms with Gasteiger partial charge in [0, 0.05) is 24.2 Å². The average molecular weight is 284 g/mol. The summed E-state index contributed by atoms with van der Waals surface area (Å²) in [6.07, 6.45) is 10.4. The molecule has 4 nitrogen and oxygen atoms in total. The highest BCUT2D eigenvalue weighted by Crippen LogP contribution is 2.20. The molecule has 0 aromatic rings. The smallest absolute Gasteiger partial charge is 0.0241 e. The van der Waals surface area contributed by atoms with Crippen LogP contribution in [0, 0.1) is 0 Å². The summed E-state index contributed by atoms with van der Waals surface area (Å²) in [5, 5.41) is 0. The van der Waals surface area contributed by atoms with Gasteiger partial charge in [-0.05, 0) is 53.9 Å². The molecular formula is C16H36N4. The second kappa shape index (κ2) is 8.98. The Labute approximate surface area is 125 Å². The van der Waals surface area contributed by atoms with E-state index in [-0.39, 0.29) is 0 Å². The standard InChI is InChI=1S/2C8H18N2/c2*1-10(2)8-6-4-3-5-7(8)9/h2*7-8H,3-6,9H2,1-2H3. The lowest BCUT2D eigenvalue weighted by Crippen LogP contribution is -2.46. The lowest BCUT2D eigenvalue weighted by atomic mass is 9.90. The molecule has 2 saturated carbocycles. The summed E-state index contributed by atoms with van der Waals surface area (Å²) < 4.78 is 0. The summed E-state index contributed by atoms with van der Waals surface area (Å²) >= 11 is 0. The molecule has 0 radical (unpaired) electrons. The Bertz CT molecular complexity index is 229. The molecule has 2 rings (SSSR count). The largest absolute Gasteiger partial charge is 0.326 e. The van der Waals surface area contributed by atoms with Crippen molar-refractivity contribution in [2.24, 2.45) is 11.5 Å². The van der Waals surface area contributed by atoms with Gasteiger partial charge in [0.1, 0.15) is 0 Å². The van der Waals surface area contributed by atoms with Crippen molar-refractivity contribution in [3.05, 3.63) is 0 Å². The predicted molar refractivity (Wildman–Crippen MR) is 87.8 cm³/mol. The Morgan fingerprint density at radius 3 is 1.10 bits per heavy atom. The minimum Gasteiger partial charge on any atom is -0.326 e. The van der Waals surface area contributed by atoms with E-state index in [0.717, 1.165) is 0 Å². The van der Waals surface area contributed by atoms with E-state index in [9.17, 15) is 0 Å². The molecule has 2 fully saturated rings. The van der Waals surface area contributed by atoms with Crippen LogP contribution in [0.4, 0.5) is 0 Å². The van der Waals surface area contributed by atoms with Crippen molar-refractivity contribution in [1.29, 1.82) is 0 Å². The molecule has 0 amide bonds. The van der Waals surface area contributed by atoms with E-state index in [4.69, 9.17) is 11.5 Å². The van der Waals surface area contributed by atoms with E-state index >= 15 is 0 Å². The van der Waals surface area contributed by atoms with Crippen LogP contribution in [-0.4, -0.2) is 62.2 Å². The van der Waals surface area contributed by atoms with Gasteiger partial charge >= 0.3 is 0 Å². The van der Waals surface area contributed by atoms with Crippen LogP contribution in [0.5, 0.6) is 0 Å². The van der Waals surface area contributed by atoms with Gasteiger partial charge in [0.25, 0.3) is 0 Å². The van der Waals surface area contributed by atoms with Gasteiger partial charge in [-0.2, -0.15) is 0 Å². The van der Waals surface area contributed by atoms with Crippen molar-refractivity contribution < 1.29 is 0 Å². The Morgan fingerprint density at radius 2 is 0.900 bits per heavy atom. The highest BCUT2D eigenvalue weighted by atomic mass is 15.1. The molecule has 0 aromatic heterocycles. The van der Waals surface area contributed by atoms with Gasteiger partial charge < -0.3 is 21.3 Å². The normalized spacial score (nSPS) is 34.8. The predicted octanol–water partition coefficient (Wildman–Crippen LogP) is 1.64. The van der Waals surface area contributed by atoms with E-state index in [1.165, 1.54) is 51.4 Å². The van der Waals surface area contributed by atoms with Crippen molar-refractivity contribution in [2.45, 2.75) is 75.5 Å². The lowest BCUT2D eigenvalue weighted by molar-refractivity contribution is 0.201.